The first-order valence-corrected chi connectivity index (χ1v) is 13.8. The molecule has 40 heavy (non-hydrogen) atoms. The molecule has 9 nitrogen and oxygen atoms in total. The van der Waals surface area contributed by atoms with Crippen molar-refractivity contribution in [1.29, 1.82) is 0 Å². The molecule has 0 saturated carbocycles. The van der Waals surface area contributed by atoms with Gasteiger partial charge in [-0.25, -0.2) is 0 Å². The van der Waals surface area contributed by atoms with Crippen LogP contribution < -0.4 is 11.1 Å². The van der Waals surface area contributed by atoms with E-state index >= 15 is 0 Å². The van der Waals surface area contributed by atoms with Crippen LogP contribution in [0.2, 0.25) is 0 Å². The zero-order chi connectivity index (χ0) is 29.1. The molecule has 0 saturated heterocycles. The van der Waals surface area contributed by atoms with Gasteiger partial charge in [0.1, 0.15) is 0 Å². The van der Waals surface area contributed by atoms with E-state index in [2.05, 4.69) is 28.9 Å². The number of amides is 2. The second-order valence-corrected chi connectivity index (χ2v) is 10.4. The van der Waals surface area contributed by atoms with E-state index in [-0.39, 0.29) is 38.5 Å². The molecule has 10 heteroatoms. The van der Waals surface area contributed by atoms with Gasteiger partial charge in [0.05, 0.1) is 6.04 Å². The number of primary amides is 1. The Kier molecular flexibility index (Phi) is 11.1. The molecule has 0 radical (unpaired) electrons. The van der Waals surface area contributed by atoms with Crippen molar-refractivity contribution in [1.82, 2.24) is 5.32 Å². The van der Waals surface area contributed by atoms with Gasteiger partial charge in [-0.3, -0.25) is 24.0 Å². The molecule has 2 atom stereocenters. The molecule has 3 aromatic rings. The molecule has 1 heterocycles. The lowest BCUT2D eigenvalue weighted by Crippen LogP contribution is -2.43. The summed E-state index contributed by atoms with van der Waals surface area (Å²) in [6.07, 6.45) is -0.852. The SMILES string of the molecule is NC(=O)[C@H](CCC(=O)O)CC(=O)[C@@H](CCC(=O)O)NC(=O)CCc1ccc(-c2cc(-c3ccccc3)cs2)cc1. The number of carbonyl (C=O) groups is 5. The summed E-state index contributed by atoms with van der Waals surface area (Å²) in [6, 6.07) is 19.0. The number of hydrogen-bond acceptors (Lipinski definition) is 6. The highest BCUT2D eigenvalue weighted by molar-refractivity contribution is 7.14. The van der Waals surface area contributed by atoms with E-state index in [0.717, 1.165) is 27.1 Å². The summed E-state index contributed by atoms with van der Waals surface area (Å²) >= 11 is 1.65. The number of carboxylic acids is 2. The molecule has 2 aromatic carbocycles. The van der Waals surface area contributed by atoms with E-state index in [9.17, 15) is 24.0 Å². The summed E-state index contributed by atoms with van der Waals surface area (Å²) in [5.74, 6) is -5.08. The van der Waals surface area contributed by atoms with Crippen LogP contribution in [0.1, 0.15) is 44.1 Å². The predicted molar refractivity (Wildman–Crippen MR) is 151 cm³/mol. The van der Waals surface area contributed by atoms with Crippen molar-refractivity contribution in [2.75, 3.05) is 0 Å². The Labute approximate surface area is 236 Å². The fourth-order valence-electron chi connectivity index (χ4n) is 4.24. The topological polar surface area (TPSA) is 164 Å². The number of nitrogens with one attached hydrogen (secondary N) is 1. The number of thiophene rings is 1. The molecular weight excluding hydrogens is 532 g/mol. The molecule has 5 N–H and O–H groups in total. The van der Waals surface area contributed by atoms with Crippen LogP contribution in [0.4, 0.5) is 0 Å². The number of nitrogens with two attached hydrogens (primary N) is 1. The summed E-state index contributed by atoms with van der Waals surface area (Å²) in [4.78, 5) is 60.2. The first-order valence-electron chi connectivity index (χ1n) is 12.9. The van der Waals surface area contributed by atoms with Crippen LogP contribution in [0, 0.1) is 5.92 Å². The molecule has 0 aliphatic heterocycles. The zero-order valence-electron chi connectivity index (χ0n) is 21.9. The summed E-state index contributed by atoms with van der Waals surface area (Å²) in [6.45, 7) is 0. The van der Waals surface area contributed by atoms with Gasteiger partial charge in [-0.1, -0.05) is 54.6 Å². The van der Waals surface area contributed by atoms with Crippen LogP contribution >= 0.6 is 11.3 Å². The van der Waals surface area contributed by atoms with Gasteiger partial charge in [-0.2, -0.15) is 0 Å². The monoisotopic (exact) mass is 564 g/mol. The van der Waals surface area contributed by atoms with Gasteiger partial charge in [0, 0.05) is 36.5 Å². The lowest BCUT2D eigenvalue weighted by atomic mass is 9.92. The molecule has 0 bridgehead atoms. The Morgan fingerprint density at radius 1 is 0.800 bits per heavy atom. The molecule has 2 amide bonds. The molecule has 0 aliphatic carbocycles. The predicted octanol–water partition coefficient (Wildman–Crippen LogP) is 4.29. The quantitative estimate of drug-likeness (QED) is 0.202. The molecule has 0 fully saturated rings. The van der Waals surface area contributed by atoms with Crippen LogP contribution in [-0.4, -0.2) is 45.8 Å². The van der Waals surface area contributed by atoms with Crippen LogP contribution in [0.25, 0.3) is 21.6 Å². The summed E-state index contributed by atoms with van der Waals surface area (Å²) in [5.41, 5.74) is 9.61. The highest BCUT2D eigenvalue weighted by atomic mass is 32.1. The van der Waals surface area contributed by atoms with Crippen LogP contribution in [0.5, 0.6) is 0 Å². The van der Waals surface area contributed by atoms with Crippen LogP contribution in [0.3, 0.4) is 0 Å². The smallest absolute Gasteiger partial charge is 0.303 e. The first-order chi connectivity index (χ1) is 19.1. The molecule has 0 unspecified atom stereocenters. The number of carbonyl (C=O) groups excluding carboxylic acids is 3. The van der Waals surface area contributed by atoms with Crippen molar-refractivity contribution in [2.45, 2.75) is 51.0 Å². The molecular formula is C30H32N2O7S. The molecule has 0 aliphatic rings. The fraction of sp³-hybridized carbons (Fsp3) is 0.300. The average Bonchev–Trinajstić information content (AvgIpc) is 3.43. The third kappa shape index (κ3) is 9.46. The van der Waals surface area contributed by atoms with Crippen molar-refractivity contribution in [3.05, 3.63) is 71.6 Å². The minimum Gasteiger partial charge on any atom is -0.481 e. The Morgan fingerprint density at radius 2 is 1.45 bits per heavy atom. The van der Waals surface area contributed by atoms with Gasteiger partial charge in [0.25, 0.3) is 0 Å². The first kappa shape index (κ1) is 30.2. The molecule has 3 rings (SSSR count). The fourth-order valence-corrected chi connectivity index (χ4v) is 5.16. The lowest BCUT2D eigenvalue weighted by molar-refractivity contribution is -0.139. The molecule has 210 valence electrons. The standard InChI is InChI=1S/C30H32N2O7S/c31-30(39)22(11-14-28(35)36)16-25(33)24(12-15-29(37)38)32-27(34)13-8-19-6-9-21(10-7-19)26-17-23(18-40-26)20-4-2-1-3-5-20/h1-7,9-10,17-18,22,24H,8,11-16H2,(H2,31,39)(H,32,34)(H,35,36)(H,37,38)/t22-,24-/m1/s1. The third-order valence-corrected chi connectivity index (χ3v) is 7.49. The van der Waals surface area contributed by atoms with E-state index in [1.54, 1.807) is 11.3 Å². The largest absolute Gasteiger partial charge is 0.481 e. The number of benzene rings is 2. The second kappa shape index (κ2) is 14.7. The Bertz CT molecular complexity index is 1340. The van der Waals surface area contributed by atoms with E-state index in [4.69, 9.17) is 15.9 Å². The number of carboxylic acid groups (broad SMARTS) is 2. The Balaban J connectivity index is 1.57. The highest BCUT2D eigenvalue weighted by Gasteiger charge is 2.27. The van der Waals surface area contributed by atoms with Crippen LogP contribution in [-0.2, 0) is 30.4 Å². The van der Waals surface area contributed by atoms with Gasteiger partial charge in [0.15, 0.2) is 5.78 Å². The summed E-state index contributed by atoms with van der Waals surface area (Å²) in [7, 11) is 0. The number of aliphatic carboxylic acids is 2. The number of rotatable bonds is 16. The van der Waals surface area contributed by atoms with Crippen molar-refractivity contribution in [2.24, 2.45) is 11.7 Å². The normalized spacial score (nSPS) is 12.3. The third-order valence-electron chi connectivity index (χ3n) is 6.51. The van der Waals surface area contributed by atoms with Crippen molar-refractivity contribution < 1.29 is 34.2 Å². The average molecular weight is 565 g/mol. The zero-order valence-corrected chi connectivity index (χ0v) is 22.7. The molecule has 0 spiro atoms. The minimum absolute atomic E-state index is 0.0750. The number of ketones is 1. The highest BCUT2D eigenvalue weighted by Crippen LogP contribution is 2.32. The van der Waals surface area contributed by atoms with E-state index in [1.807, 2.05) is 42.5 Å². The van der Waals surface area contributed by atoms with Gasteiger partial charge in [0.2, 0.25) is 11.8 Å². The molecule has 1 aromatic heterocycles. The van der Waals surface area contributed by atoms with Crippen LogP contribution in [0.15, 0.2) is 66.0 Å². The van der Waals surface area contributed by atoms with Gasteiger partial charge in [-0.15, -0.1) is 11.3 Å². The summed E-state index contributed by atoms with van der Waals surface area (Å²) in [5, 5.41) is 22.6. The van der Waals surface area contributed by atoms with Gasteiger partial charge < -0.3 is 21.3 Å². The second-order valence-electron chi connectivity index (χ2n) is 9.52. The lowest BCUT2D eigenvalue weighted by Gasteiger charge is -2.19. The van der Waals surface area contributed by atoms with Crippen molar-refractivity contribution in [3.63, 3.8) is 0 Å². The number of Topliss-reactive ketones (excluding diaryl/α,β-unsaturated/α-hetero) is 1. The Hall–Kier alpha value is -4.31. The van der Waals surface area contributed by atoms with Gasteiger partial charge >= 0.3 is 11.9 Å². The van der Waals surface area contributed by atoms with E-state index in [1.165, 1.54) is 0 Å². The Morgan fingerprint density at radius 3 is 2.08 bits per heavy atom. The van der Waals surface area contributed by atoms with Crippen molar-refractivity contribution in [3.8, 4) is 21.6 Å². The van der Waals surface area contributed by atoms with E-state index in [0.29, 0.717) is 6.42 Å². The number of hydrogen-bond donors (Lipinski definition) is 4. The summed E-state index contributed by atoms with van der Waals surface area (Å²) < 4.78 is 0. The van der Waals surface area contributed by atoms with Gasteiger partial charge in [-0.05, 0) is 53.0 Å². The van der Waals surface area contributed by atoms with Crippen molar-refractivity contribution >= 4 is 40.9 Å². The minimum atomic E-state index is -1.13. The maximum absolute atomic E-state index is 12.8. The maximum Gasteiger partial charge on any atom is 0.303 e. The maximum atomic E-state index is 12.8. The number of aryl methyl sites for hydroxylation is 1. The van der Waals surface area contributed by atoms with E-state index < -0.39 is 41.5 Å².